The Hall–Kier alpha value is -1.14. The molecule has 1 fully saturated rings. The maximum absolute atomic E-state index is 13.0. The lowest BCUT2D eigenvalue weighted by Crippen LogP contribution is -2.51. The van der Waals surface area contributed by atoms with Gasteiger partial charge in [0.25, 0.3) is 5.91 Å². The molecule has 138 valence electrons. The van der Waals surface area contributed by atoms with Crippen molar-refractivity contribution in [3.8, 4) is 11.3 Å². The zero-order valence-corrected chi connectivity index (χ0v) is 16.9. The van der Waals surface area contributed by atoms with Crippen molar-refractivity contribution < 1.29 is 4.79 Å². The van der Waals surface area contributed by atoms with E-state index >= 15 is 0 Å². The molecule has 0 bridgehead atoms. The molecule has 1 aliphatic heterocycles. The second-order valence-electron chi connectivity index (χ2n) is 6.25. The van der Waals surface area contributed by atoms with Gasteiger partial charge in [-0.3, -0.25) is 4.79 Å². The Bertz CT molecular complexity index is 705. The molecule has 2 atom stereocenters. The maximum Gasteiger partial charge on any atom is 0.254 e. The molecule has 1 aromatic carbocycles. The number of rotatable bonds is 3. The topological polar surface area (TPSA) is 59.2 Å². The van der Waals surface area contributed by atoms with E-state index in [9.17, 15) is 4.79 Å². The van der Waals surface area contributed by atoms with Gasteiger partial charge in [0.1, 0.15) is 0 Å². The maximum atomic E-state index is 13.0. The molecule has 0 saturated carbocycles. The molecular formula is C18H25Cl2N3OS. The highest BCUT2D eigenvalue weighted by atomic mass is 35.5. The summed E-state index contributed by atoms with van der Waals surface area (Å²) in [5, 5.41) is 3.06. The van der Waals surface area contributed by atoms with E-state index in [0.29, 0.717) is 0 Å². The number of aromatic nitrogens is 1. The number of benzene rings is 1. The summed E-state index contributed by atoms with van der Waals surface area (Å²) in [7, 11) is 0. The van der Waals surface area contributed by atoms with E-state index < -0.39 is 0 Å². The first-order chi connectivity index (χ1) is 11.1. The van der Waals surface area contributed by atoms with E-state index in [0.717, 1.165) is 47.6 Å². The Balaban J connectivity index is 0.00000156. The summed E-state index contributed by atoms with van der Waals surface area (Å²) in [6.45, 7) is 4.78. The summed E-state index contributed by atoms with van der Waals surface area (Å²) in [5.41, 5.74) is 8.75. The second kappa shape index (κ2) is 9.53. The van der Waals surface area contributed by atoms with Crippen LogP contribution in [0.5, 0.6) is 0 Å². The van der Waals surface area contributed by atoms with Crippen LogP contribution in [0.15, 0.2) is 29.6 Å². The molecule has 1 amide bonds. The number of hydrogen-bond acceptors (Lipinski definition) is 4. The molecule has 2 N–H and O–H groups in total. The highest BCUT2D eigenvalue weighted by molar-refractivity contribution is 7.09. The average Bonchev–Trinajstić information content (AvgIpc) is 3.01. The van der Waals surface area contributed by atoms with Crippen LogP contribution in [0, 0.1) is 6.92 Å². The van der Waals surface area contributed by atoms with E-state index in [1.54, 1.807) is 11.3 Å². The first-order valence-electron chi connectivity index (χ1n) is 8.15. The van der Waals surface area contributed by atoms with E-state index in [2.05, 4.69) is 4.98 Å². The van der Waals surface area contributed by atoms with Gasteiger partial charge in [-0.25, -0.2) is 4.98 Å². The fraction of sp³-hybridized carbons (Fsp3) is 0.444. The quantitative estimate of drug-likeness (QED) is 0.833. The first kappa shape index (κ1) is 21.9. The van der Waals surface area contributed by atoms with Crippen LogP contribution in [0.3, 0.4) is 0 Å². The van der Waals surface area contributed by atoms with Crippen LogP contribution in [0.2, 0.25) is 0 Å². The van der Waals surface area contributed by atoms with E-state index in [1.165, 1.54) is 0 Å². The number of thiazole rings is 1. The number of carbonyl (C=O) groups is 1. The molecule has 1 aromatic heterocycles. The highest BCUT2D eigenvalue weighted by Crippen LogP contribution is 2.25. The number of piperidine rings is 1. The standard InChI is InChI=1S/C18H23N3OS.2ClH/c1-12(19)17-8-3-4-9-21(17)18(22)15-7-5-6-14(10-15)16-11-23-13(2)20-16;;/h5-7,10-12,17H,3-4,8-9,19H2,1-2H3;2*1H. The smallest absolute Gasteiger partial charge is 0.254 e. The van der Waals surface area contributed by atoms with Gasteiger partial charge in [0, 0.05) is 35.1 Å². The van der Waals surface area contributed by atoms with Crippen molar-refractivity contribution >= 4 is 42.1 Å². The third-order valence-corrected chi connectivity index (χ3v) is 5.21. The number of aryl methyl sites for hydroxylation is 1. The van der Waals surface area contributed by atoms with Crippen LogP contribution < -0.4 is 5.73 Å². The minimum absolute atomic E-state index is 0. The SMILES string of the molecule is Cc1nc(-c2cccc(C(=O)N3CCCCC3C(C)N)c2)cs1.Cl.Cl. The van der Waals surface area contributed by atoms with Gasteiger partial charge < -0.3 is 10.6 Å². The third-order valence-electron chi connectivity index (χ3n) is 4.44. The average molecular weight is 402 g/mol. The van der Waals surface area contributed by atoms with E-state index in [4.69, 9.17) is 5.73 Å². The van der Waals surface area contributed by atoms with Gasteiger partial charge in [0.2, 0.25) is 0 Å². The lowest BCUT2D eigenvalue weighted by Gasteiger charge is -2.38. The molecule has 0 radical (unpaired) electrons. The predicted molar refractivity (Wildman–Crippen MR) is 109 cm³/mol. The zero-order valence-electron chi connectivity index (χ0n) is 14.5. The lowest BCUT2D eigenvalue weighted by atomic mass is 9.95. The van der Waals surface area contributed by atoms with Crippen LogP contribution >= 0.6 is 36.2 Å². The number of halogens is 2. The highest BCUT2D eigenvalue weighted by Gasteiger charge is 2.29. The third kappa shape index (κ3) is 4.94. The lowest BCUT2D eigenvalue weighted by molar-refractivity contribution is 0.0584. The molecule has 0 spiro atoms. The van der Waals surface area contributed by atoms with Crippen LogP contribution in [0.25, 0.3) is 11.3 Å². The Labute approximate surface area is 165 Å². The van der Waals surface area contributed by atoms with Gasteiger partial charge in [-0.1, -0.05) is 12.1 Å². The number of carbonyl (C=O) groups excluding carboxylic acids is 1. The molecule has 7 heteroatoms. The Kier molecular flexibility index (Phi) is 8.35. The van der Waals surface area contributed by atoms with Crippen molar-refractivity contribution in [1.29, 1.82) is 0 Å². The van der Waals surface area contributed by atoms with Crippen molar-refractivity contribution in [3.05, 3.63) is 40.2 Å². The molecular weight excluding hydrogens is 377 g/mol. The Morgan fingerprint density at radius 1 is 1.36 bits per heavy atom. The number of amides is 1. The van der Waals surface area contributed by atoms with E-state index in [1.807, 2.05) is 48.4 Å². The van der Waals surface area contributed by atoms with Gasteiger partial charge in [0.05, 0.1) is 10.7 Å². The van der Waals surface area contributed by atoms with Crippen LogP contribution in [-0.4, -0.2) is 34.4 Å². The van der Waals surface area contributed by atoms with Crippen LogP contribution in [-0.2, 0) is 0 Å². The Morgan fingerprint density at radius 3 is 2.76 bits per heavy atom. The fourth-order valence-corrected chi connectivity index (χ4v) is 3.85. The van der Waals surface area contributed by atoms with Gasteiger partial charge >= 0.3 is 0 Å². The monoisotopic (exact) mass is 401 g/mol. The van der Waals surface area contributed by atoms with Crippen molar-refractivity contribution in [2.24, 2.45) is 5.73 Å². The van der Waals surface area contributed by atoms with Gasteiger partial charge in [-0.2, -0.15) is 0 Å². The second-order valence-corrected chi connectivity index (χ2v) is 7.32. The van der Waals surface area contributed by atoms with Crippen molar-refractivity contribution in [2.75, 3.05) is 6.54 Å². The minimum atomic E-state index is 0. The van der Waals surface area contributed by atoms with Gasteiger partial charge in [-0.05, 0) is 45.2 Å². The number of nitrogens with zero attached hydrogens (tertiary/aromatic N) is 2. The summed E-state index contributed by atoms with van der Waals surface area (Å²) >= 11 is 1.62. The summed E-state index contributed by atoms with van der Waals surface area (Å²) in [6, 6.07) is 7.92. The van der Waals surface area contributed by atoms with Crippen molar-refractivity contribution in [1.82, 2.24) is 9.88 Å². The summed E-state index contributed by atoms with van der Waals surface area (Å²) in [6.07, 6.45) is 3.20. The summed E-state index contributed by atoms with van der Waals surface area (Å²) in [5.74, 6) is 0.0841. The molecule has 0 aliphatic carbocycles. The molecule has 25 heavy (non-hydrogen) atoms. The zero-order chi connectivity index (χ0) is 16.4. The van der Waals surface area contributed by atoms with Crippen molar-refractivity contribution in [2.45, 2.75) is 45.2 Å². The number of nitrogens with two attached hydrogens (primary N) is 1. The molecule has 3 rings (SSSR count). The summed E-state index contributed by atoms with van der Waals surface area (Å²) < 4.78 is 0. The fourth-order valence-electron chi connectivity index (χ4n) is 3.23. The molecule has 1 aliphatic rings. The molecule has 1 saturated heterocycles. The number of likely N-dealkylation sites (tertiary alicyclic amines) is 1. The number of hydrogen-bond donors (Lipinski definition) is 1. The first-order valence-corrected chi connectivity index (χ1v) is 9.03. The molecule has 2 aromatic rings. The van der Waals surface area contributed by atoms with Gasteiger partial charge in [0.15, 0.2) is 0 Å². The largest absolute Gasteiger partial charge is 0.334 e. The van der Waals surface area contributed by atoms with Crippen molar-refractivity contribution in [3.63, 3.8) is 0 Å². The van der Waals surface area contributed by atoms with Crippen LogP contribution in [0.1, 0.15) is 41.6 Å². The molecule has 2 heterocycles. The molecule has 4 nitrogen and oxygen atoms in total. The normalized spacial score (nSPS) is 18.0. The van der Waals surface area contributed by atoms with Gasteiger partial charge in [-0.15, -0.1) is 36.2 Å². The summed E-state index contributed by atoms with van der Waals surface area (Å²) in [4.78, 5) is 19.4. The Morgan fingerprint density at radius 2 is 2.12 bits per heavy atom. The molecule has 2 unspecified atom stereocenters. The van der Waals surface area contributed by atoms with Crippen LogP contribution in [0.4, 0.5) is 0 Å². The van der Waals surface area contributed by atoms with E-state index in [-0.39, 0.29) is 42.8 Å². The minimum Gasteiger partial charge on any atom is -0.334 e. The predicted octanol–water partition coefficient (Wildman–Crippen LogP) is 4.30.